The number of ketones is 1. The molecule has 1 rings (SSSR count). The highest BCUT2D eigenvalue weighted by molar-refractivity contribution is 5.85. The van der Waals surface area contributed by atoms with Crippen molar-refractivity contribution in [2.75, 3.05) is 39.8 Å². The molecule has 0 radical (unpaired) electrons. The van der Waals surface area contributed by atoms with Gasteiger partial charge < -0.3 is 10.6 Å². The Labute approximate surface area is 106 Å². The van der Waals surface area contributed by atoms with Gasteiger partial charge in [0, 0.05) is 38.6 Å². The average molecular weight is 243 g/mol. The third-order valence-corrected chi connectivity index (χ3v) is 2.99. The fourth-order valence-electron chi connectivity index (χ4n) is 1.83. The van der Waals surface area contributed by atoms with Gasteiger partial charge in [-0.3, -0.25) is 9.69 Å². The monoisotopic (exact) mass is 243 g/mol. The Morgan fingerprint density at radius 1 is 1.18 bits per heavy atom. The molecule has 0 aromatic heterocycles. The van der Waals surface area contributed by atoms with Crippen LogP contribution in [0.3, 0.4) is 0 Å². The van der Waals surface area contributed by atoms with Gasteiger partial charge in [0.25, 0.3) is 0 Å². The van der Waals surface area contributed by atoms with E-state index in [0.29, 0.717) is 6.54 Å². The molecule has 4 nitrogen and oxygen atoms in total. The molecule has 1 fully saturated rings. The first-order valence-electron chi connectivity index (χ1n) is 6.71. The van der Waals surface area contributed by atoms with Gasteiger partial charge in [0.15, 0.2) is 5.78 Å². The van der Waals surface area contributed by atoms with E-state index in [1.165, 1.54) is 0 Å². The summed E-state index contributed by atoms with van der Waals surface area (Å²) in [5.74, 6) is 0.224. The van der Waals surface area contributed by atoms with E-state index in [1.807, 2.05) is 27.7 Å². The zero-order chi connectivity index (χ0) is 13.4. The highest BCUT2D eigenvalue weighted by atomic mass is 16.1. The predicted molar refractivity (Wildman–Crippen MR) is 73.1 cm³/mol. The maximum atomic E-state index is 11.6. The van der Waals surface area contributed by atoms with E-state index in [2.05, 4.69) is 16.8 Å². The molecule has 0 amide bonds. The number of hydrogen-bond acceptors (Lipinski definition) is 4. The number of carbonyl (C=O) groups is 1. The third kappa shape index (κ3) is 6.15. The van der Waals surface area contributed by atoms with Crippen molar-refractivity contribution in [3.63, 3.8) is 0 Å². The first kappa shape index (κ1) is 16.6. The van der Waals surface area contributed by atoms with Crippen LogP contribution < -0.4 is 5.73 Å². The van der Waals surface area contributed by atoms with Crippen molar-refractivity contribution in [1.82, 2.24) is 9.80 Å². The highest BCUT2D eigenvalue weighted by Crippen LogP contribution is 2.03. The summed E-state index contributed by atoms with van der Waals surface area (Å²) in [4.78, 5) is 16.2. The Bertz CT molecular complexity index is 211. The summed E-state index contributed by atoms with van der Waals surface area (Å²) in [5, 5.41) is 0. The normalized spacial score (nSPS) is 19.7. The molecule has 1 heterocycles. The van der Waals surface area contributed by atoms with Crippen molar-refractivity contribution in [1.29, 1.82) is 0 Å². The van der Waals surface area contributed by atoms with Crippen molar-refractivity contribution in [3.8, 4) is 0 Å². The predicted octanol–water partition coefficient (Wildman–Crippen LogP) is 0.812. The lowest BCUT2D eigenvalue weighted by Gasteiger charge is -2.33. The Morgan fingerprint density at radius 3 is 2.06 bits per heavy atom. The summed E-state index contributed by atoms with van der Waals surface area (Å²) >= 11 is 0. The van der Waals surface area contributed by atoms with Gasteiger partial charge in [0.05, 0.1) is 6.04 Å². The highest BCUT2D eigenvalue weighted by Gasteiger charge is 2.21. The lowest BCUT2D eigenvalue weighted by atomic mass is 10.0. The van der Waals surface area contributed by atoms with Gasteiger partial charge in [-0.25, -0.2) is 0 Å². The summed E-state index contributed by atoms with van der Waals surface area (Å²) < 4.78 is 0. The van der Waals surface area contributed by atoms with E-state index in [0.717, 1.165) is 26.2 Å². The second kappa shape index (κ2) is 8.61. The fourth-order valence-corrected chi connectivity index (χ4v) is 1.83. The molecule has 102 valence electrons. The molecule has 0 aromatic rings. The van der Waals surface area contributed by atoms with Gasteiger partial charge in [-0.2, -0.15) is 0 Å². The van der Waals surface area contributed by atoms with Crippen molar-refractivity contribution < 1.29 is 4.79 Å². The van der Waals surface area contributed by atoms with E-state index in [1.54, 1.807) is 0 Å². The third-order valence-electron chi connectivity index (χ3n) is 2.99. The molecule has 0 bridgehead atoms. The van der Waals surface area contributed by atoms with Crippen molar-refractivity contribution in [2.45, 2.75) is 33.7 Å². The van der Waals surface area contributed by atoms with E-state index in [-0.39, 0.29) is 17.7 Å². The van der Waals surface area contributed by atoms with E-state index in [9.17, 15) is 4.79 Å². The molecule has 0 aliphatic carbocycles. The molecule has 0 saturated carbocycles. The molecule has 1 unspecified atom stereocenters. The molecule has 1 saturated heterocycles. The average Bonchev–Trinajstić information content (AvgIpc) is 2.33. The van der Waals surface area contributed by atoms with E-state index >= 15 is 0 Å². The molecule has 1 atom stereocenters. The summed E-state index contributed by atoms with van der Waals surface area (Å²) in [5.41, 5.74) is 5.88. The van der Waals surface area contributed by atoms with Crippen molar-refractivity contribution in [2.24, 2.45) is 11.7 Å². The number of carbonyl (C=O) groups excluding carboxylic acids is 1. The van der Waals surface area contributed by atoms with Crippen LogP contribution in [0, 0.1) is 5.92 Å². The minimum absolute atomic E-state index is 0.0486. The van der Waals surface area contributed by atoms with Crippen LogP contribution in [0.2, 0.25) is 0 Å². The van der Waals surface area contributed by atoms with Crippen LogP contribution in [-0.4, -0.2) is 61.4 Å². The molecule has 0 spiro atoms. The molecule has 1 aliphatic rings. The number of Topliss-reactive ketones (excluding diaryl/α,β-unsaturated/α-hetero) is 1. The van der Waals surface area contributed by atoms with Crippen LogP contribution in [0.4, 0.5) is 0 Å². The van der Waals surface area contributed by atoms with Gasteiger partial charge >= 0.3 is 0 Å². The molecule has 1 aliphatic heterocycles. The van der Waals surface area contributed by atoms with Crippen LogP contribution >= 0.6 is 0 Å². The SMILES string of the molecule is CC.CC(C)C(=O)C(N)CN1CCN(C)CC1. The zero-order valence-electron chi connectivity index (χ0n) is 12.1. The molecular weight excluding hydrogens is 214 g/mol. The maximum Gasteiger partial charge on any atom is 0.153 e. The number of rotatable bonds is 4. The quantitative estimate of drug-likeness (QED) is 0.794. The van der Waals surface area contributed by atoms with Crippen LogP contribution in [0.15, 0.2) is 0 Å². The number of nitrogens with zero attached hydrogens (tertiary/aromatic N) is 2. The van der Waals surface area contributed by atoms with Gasteiger partial charge in [-0.05, 0) is 7.05 Å². The second-order valence-corrected chi connectivity index (χ2v) is 4.77. The van der Waals surface area contributed by atoms with Gasteiger partial charge in [-0.15, -0.1) is 0 Å². The van der Waals surface area contributed by atoms with Crippen LogP contribution in [0.25, 0.3) is 0 Å². The molecule has 4 heteroatoms. The molecule has 2 N–H and O–H groups in total. The number of likely N-dealkylation sites (N-methyl/N-ethyl adjacent to an activating group) is 1. The van der Waals surface area contributed by atoms with Gasteiger partial charge in [-0.1, -0.05) is 27.7 Å². The van der Waals surface area contributed by atoms with E-state index < -0.39 is 0 Å². The first-order chi connectivity index (χ1) is 8.00. The maximum absolute atomic E-state index is 11.6. The minimum Gasteiger partial charge on any atom is -0.320 e. The van der Waals surface area contributed by atoms with Crippen molar-refractivity contribution in [3.05, 3.63) is 0 Å². The van der Waals surface area contributed by atoms with E-state index in [4.69, 9.17) is 5.73 Å². The summed E-state index contributed by atoms with van der Waals surface area (Å²) in [6.07, 6.45) is 0. The second-order valence-electron chi connectivity index (χ2n) is 4.77. The summed E-state index contributed by atoms with van der Waals surface area (Å²) in [6, 6.07) is -0.312. The molecule has 0 aromatic carbocycles. The first-order valence-corrected chi connectivity index (χ1v) is 6.71. The molecular formula is C13H29N3O. The number of hydrogen-bond donors (Lipinski definition) is 1. The van der Waals surface area contributed by atoms with Gasteiger partial charge in [0.1, 0.15) is 0 Å². The Hall–Kier alpha value is -0.450. The largest absolute Gasteiger partial charge is 0.320 e. The number of nitrogens with two attached hydrogens (primary N) is 1. The standard InChI is InChI=1S/C11H23N3O.C2H6/c1-9(2)11(15)10(12)8-14-6-4-13(3)5-7-14;1-2/h9-10H,4-8,12H2,1-3H3;1-2H3. The zero-order valence-corrected chi connectivity index (χ0v) is 12.1. The number of piperazine rings is 1. The summed E-state index contributed by atoms with van der Waals surface area (Å²) in [6.45, 7) is 12.7. The smallest absolute Gasteiger partial charge is 0.153 e. The lowest BCUT2D eigenvalue weighted by molar-refractivity contribution is -0.123. The Kier molecular flexibility index (Phi) is 8.39. The topological polar surface area (TPSA) is 49.6 Å². The summed E-state index contributed by atoms with van der Waals surface area (Å²) in [7, 11) is 2.12. The van der Waals surface area contributed by atoms with Gasteiger partial charge in [0.2, 0.25) is 0 Å². The molecule has 17 heavy (non-hydrogen) atoms. The van der Waals surface area contributed by atoms with Crippen LogP contribution in [-0.2, 0) is 4.79 Å². The lowest BCUT2D eigenvalue weighted by Crippen LogP contribution is -2.51. The van der Waals surface area contributed by atoms with Crippen molar-refractivity contribution >= 4 is 5.78 Å². The Balaban J connectivity index is 0.00000121. The van der Waals surface area contributed by atoms with Crippen LogP contribution in [0.1, 0.15) is 27.7 Å². The minimum atomic E-state index is -0.312. The fraction of sp³-hybridized carbons (Fsp3) is 0.923. The van der Waals surface area contributed by atoms with Crippen LogP contribution in [0.5, 0.6) is 0 Å². The Morgan fingerprint density at radius 2 is 1.65 bits per heavy atom.